The summed E-state index contributed by atoms with van der Waals surface area (Å²) in [5.41, 5.74) is 0. The highest BCUT2D eigenvalue weighted by Crippen LogP contribution is 2.31. The Morgan fingerprint density at radius 3 is 2.93 bits per heavy atom. The zero-order chi connectivity index (χ0) is 10.8. The van der Waals surface area contributed by atoms with Crippen molar-refractivity contribution in [1.29, 1.82) is 0 Å². The van der Waals surface area contributed by atoms with Crippen LogP contribution in [0.25, 0.3) is 0 Å². The van der Waals surface area contributed by atoms with Crippen LogP contribution in [0.15, 0.2) is 0 Å². The average Bonchev–Trinajstić information content (AvgIpc) is 2.38. The Hall–Kier alpha value is 0.110. The monoisotopic (exact) mass is 229 g/mol. The summed E-state index contributed by atoms with van der Waals surface area (Å²) in [5, 5.41) is 4.05. The molecular weight excluding hydrogens is 206 g/mol. The molecule has 1 N–H and O–H groups in total. The van der Waals surface area contributed by atoms with Crippen LogP contribution in [0, 0.1) is 11.8 Å². The number of hydrogen-bond acceptors (Lipinski definition) is 2. The van der Waals surface area contributed by atoms with Crippen molar-refractivity contribution in [2.45, 2.75) is 50.8 Å². The van der Waals surface area contributed by atoms with Gasteiger partial charge in [-0.25, -0.2) is 0 Å². The van der Waals surface area contributed by atoms with Crippen molar-refractivity contribution in [3.63, 3.8) is 0 Å². The third-order valence-corrected chi connectivity index (χ3v) is 6.09. The molecule has 0 spiro atoms. The molecule has 2 fully saturated rings. The first-order valence-electron chi connectivity index (χ1n) is 6.31. The molecule has 1 saturated carbocycles. The highest BCUT2D eigenvalue weighted by atomic mass is 32.2. The van der Waals surface area contributed by atoms with E-state index < -0.39 is 10.8 Å². The van der Waals surface area contributed by atoms with Crippen molar-refractivity contribution in [1.82, 2.24) is 5.32 Å². The van der Waals surface area contributed by atoms with Crippen LogP contribution in [-0.2, 0) is 10.8 Å². The SMILES string of the molecule is CCC1CCC2NCC(C)CS(=O)C2C1. The van der Waals surface area contributed by atoms with Crippen LogP contribution in [-0.4, -0.2) is 27.8 Å². The standard InChI is InChI=1S/C12H23NOS/c1-3-10-4-5-11-12(6-10)15(14)8-9(2)7-13-11/h9-13H,3-8H2,1-2H3. The minimum absolute atomic E-state index is 0.439. The second-order valence-corrected chi connectivity index (χ2v) is 6.99. The van der Waals surface area contributed by atoms with Crippen LogP contribution < -0.4 is 5.32 Å². The predicted octanol–water partition coefficient (Wildman–Crippen LogP) is 1.92. The van der Waals surface area contributed by atoms with Crippen molar-refractivity contribution >= 4 is 10.8 Å². The minimum Gasteiger partial charge on any atom is -0.312 e. The second kappa shape index (κ2) is 4.96. The van der Waals surface area contributed by atoms with Gasteiger partial charge in [0.25, 0.3) is 0 Å². The van der Waals surface area contributed by atoms with E-state index in [1.54, 1.807) is 0 Å². The highest BCUT2D eigenvalue weighted by molar-refractivity contribution is 7.85. The summed E-state index contributed by atoms with van der Waals surface area (Å²) in [5.74, 6) is 2.31. The Morgan fingerprint density at radius 1 is 1.40 bits per heavy atom. The highest BCUT2D eigenvalue weighted by Gasteiger charge is 2.35. The fourth-order valence-corrected chi connectivity index (χ4v) is 4.93. The molecule has 5 unspecified atom stereocenters. The van der Waals surface area contributed by atoms with Crippen LogP contribution in [0.1, 0.15) is 39.5 Å². The Labute approximate surface area is 95.7 Å². The fourth-order valence-electron chi connectivity index (χ4n) is 2.92. The molecule has 5 atom stereocenters. The molecule has 0 amide bonds. The summed E-state index contributed by atoms with van der Waals surface area (Å²) in [4.78, 5) is 0. The van der Waals surface area contributed by atoms with Gasteiger partial charge in [0.2, 0.25) is 0 Å². The number of fused-ring (bicyclic) bond motifs is 1. The van der Waals surface area contributed by atoms with Crippen LogP contribution in [0.4, 0.5) is 0 Å². The zero-order valence-corrected chi connectivity index (χ0v) is 10.7. The van der Waals surface area contributed by atoms with Gasteiger partial charge in [-0.15, -0.1) is 0 Å². The summed E-state index contributed by atoms with van der Waals surface area (Å²) >= 11 is 0. The zero-order valence-electron chi connectivity index (χ0n) is 9.87. The van der Waals surface area contributed by atoms with E-state index in [9.17, 15) is 4.21 Å². The molecule has 0 aromatic rings. The first kappa shape index (κ1) is 11.6. The first-order chi connectivity index (χ1) is 7.20. The van der Waals surface area contributed by atoms with Crippen molar-refractivity contribution in [3.05, 3.63) is 0 Å². The maximum Gasteiger partial charge on any atom is 0.0503 e. The smallest absolute Gasteiger partial charge is 0.0503 e. The largest absolute Gasteiger partial charge is 0.312 e. The van der Waals surface area contributed by atoms with Gasteiger partial charge in [0.1, 0.15) is 0 Å². The summed E-state index contributed by atoms with van der Waals surface area (Å²) in [6, 6.07) is 0.540. The maximum absolute atomic E-state index is 12.2. The van der Waals surface area contributed by atoms with Gasteiger partial charge in [-0.3, -0.25) is 4.21 Å². The molecule has 0 aromatic heterocycles. The lowest BCUT2D eigenvalue weighted by Gasteiger charge is -2.34. The molecule has 1 aliphatic carbocycles. The van der Waals surface area contributed by atoms with Crippen LogP contribution in [0.3, 0.4) is 0 Å². The Kier molecular flexibility index (Phi) is 3.83. The molecule has 1 aliphatic heterocycles. The first-order valence-corrected chi connectivity index (χ1v) is 7.69. The van der Waals surface area contributed by atoms with Gasteiger partial charge in [-0.1, -0.05) is 20.3 Å². The van der Waals surface area contributed by atoms with Gasteiger partial charge in [-0.05, 0) is 37.6 Å². The van der Waals surface area contributed by atoms with Crippen molar-refractivity contribution in [2.24, 2.45) is 11.8 Å². The summed E-state index contributed by atoms with van der Waals surface area (Å²) in [6.07, 6.45) is 5.02. The molecule has 0 radical (unpaired) electrons. The lowest BCUT2D eigenvalue weighted by atomic mass is 9.84. The predicted molar refractivity (Wildman–Crippen MR) is 65.4 cm³/mol. The molecule has 0 bridgehead atoms. The summed E-state index contributed by atoms with van der Waals surface area (Å²) in [6.45, 7) is 5.53. The van der Waals surface area contributed by atoms with Crippen LogP contribution >= 0.6 is 0 Å². The van der Waals surface area contributed by atoms with Gasteiger partial charge >= 0.3 is 0 Å². The number of nitrogens with one attached hydrogen (secondary N) is 1. The van der Waals surface area contributed by atoms with E-state index in [1.165, 1.54) is 25.7 Å². The molecular formula is C12H23NOS. The quantitative estimate of drug-likeness (QED) is 0.744. The number of rotatable bonds is 1. The summed E-state index contributed by atoms with van der Waals surface area (Å²) in [7, 11) is -0.589. The molecule has 0 aromatic carbocycles. The Morgan fingerprint density at radius 2 is 2.20 bits per heavy atom. The van der Waals surface area contributed by atoms with E-state index in [1.807, 2.05) is 0 Å². The maximum atomic E-state index is 12.2. The van der Waals surface area contributed by atoms with E-state index in [0.29, 0.717) is 17.2 Å². The second-order valence-electron chi connectivity index (χ2n) is 5.29. The van der Waals surface area contributed by atoms with E-state index in [-0.39, 0.29) is 0 Å². The molecule has 15 heavy (non-hydrogen) atoms. The summed E-state index contributed by atoms with van der Waals surface area (Å²) < 4.78 is 12.2. The normalized spacial score (nSPS) is 46.9. The van der Waals surface area contributed by atoms with Gasteiger partial charge in [0, 0.05) is 22.6 Å². The van der Waals surface area contributed by atoms with E-state index in [0.717, 1.165) is 18.2 Å². The molecule has 1 saturated heterocycles. The van der Waals surface area contributed by atoms with Crippen LogP contribution in [0.5, 0.6) is 0 Å². The molecule has 2 rings (SSSR count). The van der Waals surface area contributed by atoms with E-state index in [4.69, 9.17) is 0 Å². The third kappa shape index (κ3) is 2.62. The molecule has 2 aliphatic rings. The number of hydrogen-bond donors (Lipinski definition) is 1. The molecule has 3 heteroatoms. The van der Waals surface area contributed by atoms with Gasteiger partial charge < -0.3 is 5.32 Å². The third-order valence-electron chi connectivity index (χ3n) is 3.99. The van der Waals surface area contributed by atoms with Crippen LogP contribution in [0.2, 0.25) is 0 Å². The van der Waals surface area contributed by atoms with E-state index in [2.05, 4.69) is 19.2 Å². The van der Waals surface area contributed by atoms with Crippen molar-refractivity contribution in [3.8, 4) is 0 Å². The Balaban J connectivity index is 2.05. The van der Waals surface area contributed by atoms with Gasteiger partial charge in [0.05, 0.1) is 5.25 Å². The van der Waals surface area contributed by atoms with Crippen molar-refractivity contribution in [2.75, 3.05) is 12.3 Å². The van der Waals surface area contributed by atoms with Crippen molar-refractivity contribution < 1.29 is 4.21 Å². The van der Waals surface area contributed by atoms with Gasteiger partial charge in [0.15, 0.2) is 0 Å². The van der Waals surface area contributed by atoms with E-state index >= 15 is 0 Å². The lowest BCUT2D eigenvalue weighted by molar-refractivity contribution is 0.292. The average molecular weight is 229 g/mol. The van der Waals surface area contributed by atoms with Gasteiger partial charge in [-0.2, -0.15) is 0 Å². The fraction of sp³-hybridized carbons (Fsp3) is 1.00. The molecule has 2 nitrogen and oxygen atoms in total. The topological polar surface area (TPSA) is 29.1 Å². The lowest BCUT2D eigenvalue weighted by Crippen LogP contribution is -2.44. The Bertz CT molecular complexity index is 244. The minimum atomic E-state index is -0.589. The molecule has 1 heterocycles. The molecule has 88 valence electrons.